The second-order valence-electron chi connectivity index (χ2n) is 1.84. The minimum Gasteiger partial charge on any atom is -0.384 e. The lowest BCUT2D eigenvalue weighted by Crippen LogP contribution is -2.24. The van der Waals surface area contributed by atoms with Gasteiger partial charge in [0.1, 0.15) is 5.84 Å². The maximum Gasteiger partial charge on any atom is 0.142 e. The Kier molecular flexibility index (Phi) is 6.48. The van der Waals surface area contributed by atoms with Crippen molar-refractivity contribution < 1.29 is 0 Å². The molecule has 0 saturated heterocycles. The predicted octanol–water partition coefficient (Wildman–Crippen LogP) is -0.465. The minimum absolute atomic E-state index is 0.325. The number of nitrogens with one attached hydrogen (secondary N) is 1. The van der Waals surface area contributed by atoms with Crippen LogP contribution in [0.1, 0.15) is 0 Å². The Bertz CT molecular complexity index is 204. The van der Waals surface area contributed by atoms with E-state index < -0.39 is 0 Å². The van der Waals surface area contributed by atoms with E-state index in [0.717, 1.165) is 0 Å². The molecule has 0 fully saturated rings. The average Bonchev–Trinajstić information content (AvgIpc) is 2.05. The zero-order valence-corrected chi connectivity index (χ0v) is 6.77. The van der Waals surface area contributed by atoms with E-state index in [1.807, 2.05) is 0 Å². The van der Waals surface area contributed by atoms with Crippen molar-refractivity contribution >= 4 is 12.1 Å². The third-order valence-electron chi connectivity index (χ3n) is 0.900. The van der Waals surface area contributed by atoms with Crippen molar-refractivity contribution in [3.8, 4) is 0 Å². The molecule has 0 aliphatic carbocycles. The fourth-order valence-corrected chi connectivity index (χ4v) is 0.454. The predicted molar refractivity (Wildman–Crippen MR) is 51.6 cm³/mol. The van der Waals surface area contributed by atoms with Gasteiger partial charge in [-0.2, -0.15) is 5.10 Å². The molecule has 0 saturated carbocycles. The minimum atomic E-state index is 0.325. The van der Waals surface area contributed by atoms with Crippen molar-refractivity contribution in [3.63, 3.8) is 0 Å². The van der Waals surface area contributed by atoms with E-state index in [2.05, 4.69) is 22.2 Å². The number of nitrogens with two attached hydrogens (primary N) is 2. The Morgan fingerprint density at radius 3 is 2.83 bits per heavy atom. The normalized spacial score (nSPS) is 12.6. The number of allylic oxidation sites excluding steroid dienone is 3. The van der Waals surface area contributed by atoms with E-state index in [0.29, 0.717) is 12.4 Å². The smallest absolute Gasteiger partial charge is 0.142 e. The van der Waals surface area contributed by atoms with Crippen LogP contribution in [0.25, 0.3) is 0 Å². The molecule has 0 aliphatic heterocycles. The molecule has 12 heavy (non-hydrogen) atoms. The van der Waals surface area contributed by atoms with Gasteiger partial charge >= 0.3 is 0 Å². The largest absolute Gasteiger partial charge is 0.384 e. The molecule has 66 valence electrons. The summed E-state index contributed by atoms with van der Waals surface area (Å²) in [6, 6.07) is 0. The average molecular weight is 167 g/mol. The quantitative estimate of drug-likeness (QED) is 0.170. The van der Waals surface area contributed by atoms with Crippen molar-refractivity contribution in [1.82, 2.24) is 5.53 Å². The standard InChI is InChI=1S/C7H13N5/c1-2-3-4-5-10-6-7(8)11-12-9/h2-5,12H,1,6,9H2,(H2,8,11)/b4-3-,10-5-. The lowest BCUT2D eigenvalue weighted by molar-refractivity contribution is 0.799. The van der Waals surface area contributed by atoms with Crippen LogP contribution in [0.5, 0.6) is 0 Å². The Labute approximate surface area is 71.5 Å². The summed E-state index contributed by atoms with van der Waals surface area (Å²) in [6.07, 6.45) is 6.78. The first-order valence-electron chi connectivity index (χ1n) is 3.36. The van der Waals surface area contributed by atoms with Gasteiger partial charge in [-0.1, -0.05) is 18.7 Å². The van der Waals surface area contributed by atoms with Crippen LogP contribution in [0.15, 0.2) is 34.9 Å². The van der Waals surface area contributed by atoms with Crippen LogP contribution in [-0.2, 0) is 0 Å². The first-order chi connectivity index (χ1) is 5.81. The molecule has 0 radical (unpaired) electrons. The Balaban J connectivity index is 3.66. The lowest BCUT2D eigenvalue weighted by atomic mass is 10.5. The molecule has 0 bridgehead atoms. The number of nitrogens with zero attached hydrogens (tertiary/aromatic N) is 2. The molecule has 0 aromatic rings. The van der Waals surface area contributed by atoms with Gasteiger partial charge in [0.25, 0.3) is 0 Å². The highest BCUT2D eigenvalue weighted by molar-refractivity contribution is 5.84. The molecule has 0 atom stereocenters. The number of aliphatic imine (C=N–C) groups is 1. The molecule has 0 spiro atoms. The van der Waals surface area contributed by atoms with E-state index in [1.165, 1.54) is 0 Å². The summed E-state index contributed by atoms with van der Waals surface area (Å²) in [7, 11) is 0. The molecule has 0 aromatic carbocycles. The van der Waals surface area contributed by atoms with Crippen molar-refractivity contribution in [1.29, 1.82) is 0 Å². The molecule has 5 nitrogen and oxygen atoms in total. The van der Waals surface area contributed by atoms with Gasteiger partial charge < -0.3 is 5.73 Å². The highest BCUT2D eigenvalue weighted by Gasteiger charge is 1.84. The molecule has 0 aromatic heterocycles. The highest BCUT2D eigenvalue weighted by atomic mass is 15.5. The number of amidine groups is 1. The summed E-state index contributed by atoms with van der Waals surface area (Å²) in [4.78, 5) is 3.92. The van der Waals surface area contributed by atoms with E-state index in [9.17, 15) is 0 Å². The second kappa shape index (κ2) is 7.49. The van der Waals surface area contributed by atoms with Crippen molar-refractivity contribution in [2.45, 2.75) is 0 Å². The van der Waals surface area contributed by atoms with Gasteiger partial charge in [-0.05, 0) is 6.08 Å². The van der Waals surface area contributed by atoms with Gasteiger partial charge in [0.15, 0.2) is 0 Å². The summed E-state index contributed by atoms with van der Waals surface area (Å²) >= 11 is 0. The first-order valence-corrected chi connectivity index (χ1v) is 3.36. The summed E-state index contributed by atoms with van der Waals surface area (Å²) in [5.41, 5.74) is 7.42. The summed E-state index contributed by atoms with van der Waals surface area (Å²) in [5, 5.41) is 3.51. The fraction of sp³-hybridized carbons (Fsp3) is 0.143. The Hall–Kier alpha value is -1.62. The molecular formula is C7H13N5. The third kappa shape index (κ3) is 6.50. The van der Waals surface area contributed by atoms with Crippen LogP contribution in [-0.4, -0.2) is 18.6 Å². The third-order valence-corrected chi connectivity index (χ3v) is 0.900. The first kappa shape index (κ1) is 10.4. The zero-order chi connectivity index (χ0) is 9.23. The summed E-state index contributed by atoms with van der Waals surface area (Å²) < 4.78 is 0. The van der Waals surface area contributed by atoms with Crippen LogP contribution in [0, 0.1) is 0 Å². The molecule has 0 rings (SSSR count). The van der Waals surface area contributed by atoms with Gasteiger partial charge in [-0.3, -0.25) is 4.99 Å². The zero-order valence-electron chi connectivity index (χ0n) is 6.77. The van der Waals surface area contributed by atoms with E-state index in [1.54, 1.807) is 24.4 Å². The number of hydrogen-bond acceptors (Lipinski definition) is 4. The van der Waals surface area contributed by atoms with Crippen molar-refractivity contribution in [2.24, 2.45) is 21.7 Å². The SMILES string of the molecule is C=C/C=C\C=N/C/C(N)=N/NN. The number of hydrazine groups is 1. The molecule has 0 aliphatic rings. The lowest BCUT2D eigenvalue weighted by Gasteiger charge is -1.92. The van der Waals surface area contributed by atoms with E-state index in [4.69, 9.17) is 11.6 Å². The Morgan fingerprint density at radius 1 is 1.50 bits per heavy atom. The van der Waals surface area contributed by atoms with Gasteiger partial charge in [0.05, 0.1) is 6.54 Å². The van der Waals surface area contributed by atoms with Crippen LogP contribution >= 0.6 is 0 Å². The van der Waals surface area contributed by atoms with Gasteiger partial charge in [0, 0.05) is 6.21 Å². The molecule has 0 unspecified atom stereocenters. The number of hydrogen-bond donors (Lipinski definition) is 3. The number of rotatable bonds is 5. The van der Waals surface area contributed by atoms with Crippen LogP contribution < -0.4 is 17.1 Å². The van der Waals surface area contributed by atoms with E-state index >= 15 is 0 Å². The van der Waals surface area contributed by atoms with Crippen LogP contribution in [0.4, 0.5) is 0 Å². The van der Waals surface area contributed by atoms with Crippen LogP contribution in [0.2, 0.25) is 0 Å². The molecule has 0 heterocycles. The maximum atomic E-state index is 5.35. The fourth-order valence-electron chi connectivity index (χ4n) is 0.454. The molecule has 5 heteroatoms. The molecule has 5 N–H and O–H groups in total. The van der Waals surface area contributed by atoms with Gasteiger partial charge in [0.2, 0.25) is 0 Å². The monoisotopic (exact) mass is 167 g/mol. The topological polar surface area (TPSA) is 88.8 Å². The number of hydrazone groups is 1. The molecule has 0 amide bonds. The van der Waals surface area contributed by atoms with Crippen molar-refractivity contribution in [3.05, 3.63) is 24.8 Å². The highest BCUT2D eigenvalue weighted by Crippen LogP contribution is 1.72. The van der Waals surface area contributed by atoms with Crippen molar-refractivity contribution in [2.75, 3.05) is 6.54 Å². The Morgan fingerprint density at radius 2 is 2.25 bits per heavy atom. The molecular weight excluding hydrogens is 154 g/mol. The summed E-state index contributed by atoms with van der Waals surface area (Å²) in [6.45, 7) is 3.82. The van der Waals surface area contributed by atoms with E-state index in [-0.39, 0.29) is 0 Å². The second-order valence-corrected chi connectivity index (χ2v) is 1.84. The van der Waals surface area contributed by atoms with Gasteiger partial charge in [-0.25, -0.2) is 11.4 Å². The van der Waals surface area contributed by atoms with Gasteiger partial charge in [-0.15, -0.1) is 0 Å². The summed E-state index contributed by atoms with van der Waals surface area (Å²) in [5.74, 6) is 5.22. The van der Waals surface area contributed by atoms with Crippen LogP contribution in [0.3, 0.4) is 0 Å². The maximum absolute atomic E-state index is 5.35.